The fourth-order valence-electron chi connectivity index (χ4n) is 2.25. The standard InChI is InChI=1S/C18H17BO4/c1-21-15-11-13(19)16(18(23-3)17(15)22-2)14(20)10-9-12-7-5-4-6-8-12/h4-11H,1-3H3/b10-9+. The van der Waals surface area contributed by atoms with Gasteiger partial charge in [-0.05, 0) is 17.7 Å². The Labute approximate surface area is 137 Å². The van der Waals surface area contributed by atoms with Gasteiger partial charge in [0, 0.05) is 0 Å². The van der Waals surface area contributed by atoms with Crippen LogP contribution in [0.4, 0.5) is 0 Å². The number of ether oxygens (including phenoxy) is 3. The van der Waals surface area contributed by atoms with Gasteiger partial charge in [-0.2, -0.15) is 0 Å². The van der Waals surface area contributed by atoms with Crippen LogP contribution in [0, 0.1) is 0 Å². The van der Waals surface area contributed by atoms with Crippen LogP contribution < -0.4 is 19.7 Å². The van der Waals surface area contributed by atoms with E-state index >= 15 is 0 Å². The summed E-state index contributed by atoms with van der Waals surface area (Å²) in [7, 11) is 10.4. The van der Waals surface area contributed by atoms with E-state index in [0.717, 1.165) is 5.56 Å². The summed E-state index contributed by atoms with van der Waals surface area (Å²) in [5.41, 5.74) is 1.43. The molecule has 2 rings (SSSR count). The topological polar surface area (TPSA) is 44.8 Å². The molecule has 0 heterocycles. The first-order chi connectivity index (χ1) is 11.1. The molecule has 0 aliphatic carbocycles. The molecule has 23 heavy (non-hydrogen) atoms. The van der Waals surface area contributed by atoms with Crippen molar-refractivity contribution in [2.75, 3.05) is 21.3 Å². The van der Waals surface area contributed by atoms with Gasteiger partial charge < -0.3 is 14.2 Å². The number of methoxy groups -OCH3 is 3. The van der Waals surface area contributed by atoms with E-state index in [1.807, 2.05) is 30.3 Å². The summed E-state index contributed by atoms with van der Waals surface area (Å²) >= 11 is 0. The maximum Gasteiger partial charge on any atom is 0.203 e. The molecule has 2 radical (unpaired) electrons. The van der Waals surface area contributed by atoms with Gasteiger partial charge in [0.1, 0.15) is 7.85 Å². The van der Waals surface area contributed by atoms with Crippen molar-refractivity contribution in [2.24, 2.45) is 0 Å². The van der Waals surface area contributed by atoms with Crippen molar-refractivity contribution in [1.29, 1.82) is 0 Å². The van der Waals surface area contributed by atoms with E-state index in [1.165, 1.54) is 27.4 Å². The number of ketones is 1. The molecule has 0 spiro atoms. The Morgan fingerprint density at radius 3 is 2.22 bits per heavy atom. The van der Waals surface area contributed by atoms with Gasteiger partial charge in [0.05, 0.1) is 26.9 Å². The van der Waals surface area contributed by atoms with Gasteiger partial charge in [-0.3, -0.25) is 4.79 Å². The fourth-order valence-corrected chi connectivity index (χ4v) is 2.25. The Balaban J connectivity index is 2.46. The van der Waals surface area contributed by atoms with E-state index in [1.54, 1.807) is 12.1 Å². The normalized spacial score (nSPS) is 10.6. The molecule has 116 valence electrons. The van der Waals surface area contributed by atoms with Crippen LogP contribution in [0.1, 0.15) is 15.9 Å². The highest BCUT2D eigenvalue weighted by Gasteiger charge is 2.21. The van der Waals surface area contributed by atoms with Crippen molar-refractivity contribution in [3.8, 4) is 17.2 Å². The molecule has 0 aliphatic rings. The number of benzene rings is 2. The van der Waals surface area contributed by atoms with Crippen molar-refractivity contribution in [3.05, 3.63) is 53.6 Å². The second-order valence-corrected chi connectivity index (χ2v) is 4.72. The molecular formula is C18H17BO4. The highest BCUT2D eigenvalue weighted by molar-refractivity contribution is 6.38. The average molecular weight is 308 g/mol. The zero-order valence-corrected chi connectivity index (χ0v) is 13.3. The van der Waals surface area contributed by atoms with Crippen LogP contribution in [0.25, 0.3) is 6.08 Å². The highest BCUT2D eigenvalue weighted by atomic mass is 16.5. The molecule has 0 aliphatic heterocycles. The Morgan fingerprint density at radius 2 is 1.65 bits per heavy atom. The molecule has 2 aromatic carbocycles. The molecule has 0 fully saturated rings. The third-order valence-electron chi connectivity index (χ3n) is 3.33. The minimum atomic E-state index is -0.274. The van der Waals surface area contributed by atoms with Crippen LogP contribution in [-0.2, 0) is 0 Å². The van der Waals surface area contributed by atoms with Crippen LogP contribution in [-0.4, -0.2) is 35.0 Å². The smallest absolute Gasteiger partial charge is 0.203 e. The van der Waals surface area contributed by atoms with Gasteiger partial charge >= 0.3 is 0 Å². The molecule has 0 bridgehead atoms. The number of allylic oxidation sites excluding steroid dienone is 1. The lowest BCUT2D eigenvalue weighted by atomic mass is 9.87. The second kappa shape index (κ2) is 7.54. The number of hydrogen-bond acceptors (Lipinski definition) is 4. The van der Waals surface area contributed by atoms with E-state index in [9.17, 15) is 4.79 Å². The summed E-state index contributed by atoms with van der Waals surface area (Å²) in [5.74, 6) is 0.724. The second-order valence-electron chi connectivity index (χ2n) is 4.72. The minimum absolute atomic E-state index is 0.248. The monoisotopic (exact) mass is 308 g/mol. The first kappa shape index (κ1) is 16.7. The molecule has 4 nitrogen and oxygen atoms in total. The molecule has 0 unspecified atom stereocenters. The predicted molar refractivity (Wildman–Crippen MR) is 91.3 cm³/mol. The van der Waals surface area contributed by atoms with Gasteiger partial charge in [0.15, 0.2) is 17.3 Å². The van der Waals surface area contributed by atoms with Crippen molar-refractivity contribution < 1.29 is 19.0 Å². The largest absolute Gasteiger partial charge is 0.493 e. The summed E-state index contributed by atoms with van der Waals surface area (Å²) < 4.78 is 15.8. The van der Waals surface area contributed by atoms with E-state index in [2.05, 4.69) is 0 Å². The third kappa shape index (κ3) is 3.56. The summed E-state index contributed by atoms with van der Waals surface area (Å²) in [6.07, 6.45) is 3.17. The van der Waals surface area contributed by atoms with E-state index in [0.29, 0.717) is 11.5 Å². The molecular weight excluding hydrogens is 291 g/mol. The van der Waals surface area contributed by atoms with E-state index in [-0.39, 0.29) is 22.6 Å². The Bertz CT molecular complexity index is 724. The SMILES string of the molecule is [B]c1cc(OC)c(OC)c(OC)c1C(=O)/C=C/c1ccccc1. The van der Waals surface area contributed by atoms with E-state index < -0.39 is 0 Å². The van der Waals surface area contributed by atoms with Crippen molar-refractivity contribution in [1.82, 2.24) is 0 Å². The van der Waals surface area contributed by atoms with Gasteiger partial charge in [-0.25, -0.2) is 0 Å². The lowest BCUT2D eigenvalue weighted by Gasteiger charge is -2.17. The number of rotatable bonds is 6. The summed E-state index contributed by atoms with van der Waals surface area (Å²) in [4.78, 5) is 12.5. The summed E-state index contributed by atoms with van der Waals surface area (Å²) in [5, 5.41) is 0. The van der Waals surface area contributed by atoms with Crippen LogP contribution in [0.5, 0.6) is 17.2 Å². The molecule has 0 atom stereocenters. The van der Waals surface area contributed by atoms with Crippen LogP contribution in [0.2, 0.25) is 0 Å². The number of carbonyl (C=O) groups excluding carboxylic acids is 1. The molecule has 0 aromatic heterocycles. The van der Waals surface area contributed by atoms with Gasteiger partial charge in [-0.1, -0.05) is 41.9 Å². The first-order valence-corrected chi connectivity index (χ1v) is 6.98. The Morgan fingerprint density at radius 1 is 1.00 bits per heavy atom. The minimum Gasteiger partial charge on any atom is -0.493 e. The van der Waals surface area contributed by atoms with Crippen LogP contribution in [0.3, 0.4) is 0 Å². The molecule has 0 amide bonds. The van der Waals surface area contributed by atoms with Crippen molar-refractivity contribution in [2.45, 2.75) is 0 Å². The fraction of sp³-hybridized carbons (Fsp3) is 0.167. The van der Waals surface area contributed by atoms with Crippen LogP contribution in [0.15, 0.2) is 42.5 Å². The maximum atomic E-state index is 12.5. The Kier molecular flexibility index (Phi) is 5.47. The van der Waals surface area contributed by atoms with Crippen molar-refractivity contribution in [3.63, 3.8) is 0 Å². The zero-order valence-electron chi connectivity index (χ0n) is 13.3. The molecule has 0 N–H and O–H groups in total. The third-order valence-corrected chi connectivity index (χ3v) is 3.33. The van der Waals surface area contributed by atoms with Gasteiger partial charge in [0.2, 0.25) is 5.75 Å². The highest BCUT2D eigenvalue weighted by Crippen LogP contribution is 2.38. The van der Waals surface area contributed by atoms with Gasteiger partial charge in [0.25, 0.3) is 0 Å². The quantitative estimate of drug-likeness (QED) is 0.467. The molecule has 0 saturated heterocycles. The van der Waals surface area contributed by atoms with E-state index in [4.69, 9.17) is 22.1 Å². The zero-order chi connectivity index (χ0) is 16.8. The Hall–Kier alpha value is -2.69. The number of hydrogen-bond donors (Lipinski definition) is 0. The number of carbonyl (C=O) groups is 1. The van der Waals surface area contributed by atoms with Gasteiger partial charge in [-0.15, -0.1) is 0 Å². The van der Waals surface area contributed by atoms with Crippen molar-refractivity contribution >= 4 is 25.2 Å². The maximum absolute atomic E-state index is 12.5. The molecule has 5 heteroatoms. The molecule has 2 aromatic rings. The predicted octanol–water partition coefficient (Wildman–Crippen LogP) is 2.40. The molecule has 0 saturated carbocycles. The lowest BCUT2D eigenvalue weighted by molar-refractivity contribution is 0.104. The first-order valence-electron chi connectivity index (χ1n) is 6.98. The summed E-state index contributed by atoms with van der Waals surface area (Å²) in [6.45, 7) is 0. The lowest BCUT2D eigenvalue weighted by Crippen LogP contribution is -2.17. The summed E-state index contributed by atoms with van der Waals surface area (Å²) in [6, 6.07) is 11.1. The van der Waals surface area contributed by atoms with Crippen LogP contribution >= 0.6 is 0 Å². The average Bonchev–Trinajstić information content (AvgIpc) is 2.59.